The number of unbranched alkanes of at least 4 members (excludes halogenated alkanes) is 1. The summed E-state index contributed by atoms with van der Waals surface area (Å²) in [6.07, 6.45) is -2.49. The van der Waals surface area contributed by atoms with Gasteiger partial charge in [-0.1, -0.05) is 25.5 Å². The molecule has 0 radical (unpaired) electrons. The second-order valence-corrected chi connectivity index (χ2v) is 6.90. The summed E-state index contributed by atoms with van der Waals surface area (Å²) in [5.74, 6) is -0.342. The van der Waals surface area contributed by atoms with Crippen molar-refractivity contribution in [1.82, 2.24) is 20.4 Å². The molecule has 1 aromatic rings. The number of hydrogen-bond donors (Lipinski definition) is 2. The van der Waals surface area contributed by atoms with Crippen molar-refractivity contribution in [3.8, 4) is 0 Å². The number of imide groups is 1. The highest BCUT2D eigenvalue weighted by Crippen LogP contribution is 2.29. The van der Waals surface area contributed by atoms with Crippen molar-refractivity contribution in [3.05, 3.63) is 35.4 Å². The van der Waals surface area contributed by atoms with E-state index in [1.165, 1.54) is 12.1 Å². The molecule has 0 bridgehead atoms. The summed E-state index contributed by atoms with van der Waals surface area (Å²) in [6, 6.07) is 4.72. The van der Waals surface area contributed by atoms with Crippen LogP contribution in [0.1, 0.15) is 30.9 Å². The van der Waals surface area contributed by atoms with Gasteiger partial charge in [-0.2, -0.15) is 13.2 Å². The lowest BCUT2D eigenvalue weighted by molar-refractivity contribution is -0.137. The van der Waals surface area contributed by atoms with Crippen LogP contribution in [0.4, 0.5) is 18.0 Å². The summed E-state index contributed by atoms with van der Waals surface area (Å²) in [6.45, 7) is 6.00. The molecule has 2 rings (SSSR count). The summed E-state index contributed by atoms with van der Waals surface area (Å²) in [4.78, 5) is 27.6. The highest BCUT2D eigenvalue weighted by Gasteiger charge is 2.30. The molecular formula is C19H27F3N4O2. The summed E-state index contributed by atoms with van der Waals surface area (Å²) >= 11 is 0. The lowest BCUT2D eigenvalue weighted by atomic mass is 10.1. The molecule has 1 aliphatic rings. The third-order valence-electron chi connectivity index (χ3n) is 4.59. The van der Waals surface area contributed by atoms with E-state index in [1.807, 2.05) is 11.8 Å². The standard InChI is InChI=1S/C19H27F3N4O2/c1-2-3-8-23-18(28)24-17(27)14-26-11-9-25(10-12-26)13-15-4-6-16(7-5-15)19(20,21)22/h4-7H,2-3,8-14H2,1H3,(H2,23,24,27,28). The number of amides is 3. The molecule has 0 atom stereocenters. The quantitative estimate of drug-likeness (QED) is 0.690. The van der Waals surface area contributed by atoms with Gasteiger partial charge in [-0.15, -0.1) is 0 Å². The molecule has 2 N–H and O–H groups in total. The minimum absolute atomic E-state index is 0.148. The predicted molar refractivity (Wildman–Crippen MR) is 99.6 cm³/mol. The van der Waals surface area contributed by atoms with E-state index in [4.69, 9.17) is 0 Å². The number of carbonyl (C=O) groups is 2. The molecule has 1 fully saturated rings. The highest BCUT2D eigenvalue weighted by molar-refractivity contribution is 5.95. The molecule has 0 aromatic heterocycles. The van der Waals surface area contributed by atoms with E-state index in [-0.39, 0.29) is 12.5 Å². The third kappa shape index (κ3) is 7.47. The molecule has 0 saturated carbocycles. The van der Waals surface area contributed by atoms with Crippen LogP contribution in [0.15, 0.2) is 24.3 Å². The van der Waals surface area contributed by atoms with Gasteiger partial charge in [0.2, 0.25) is 5.91 Å². The fourth-order valence-electron chi connectivity index (χ4n) is 2.95. The van der Waals surface area contributed by atoms with Gasteiger partial charge in [-0.05, 0) is 24.1 Å². The Labute approximate surface area is 163 Å². The number of nitrogens with zero attached hydrogens (tertiary/aromatic N) is 2. The van der Waals surface area contributed by atoms with Gasteiger partial charge >= 0.3 is 12.2 Å². The number of rotatable bonds is 7. The van der Waals surface area contributed by atoms with Gasteiger partial charge in [-0.25, -0.2) is 4.79 Å². The molecule has 0 unspecified atom stereocenters. The van der Waals surface area contributed by atoms with Crippen LogP contribution >= 0.6 is 0 Å². The van der Waals surface area contributed by atoms with Crippen LogP contribution in [-0.4, -0.2) is 61.0 Å². The number of benzene rings is 1. The molecule has 28 heavy (non-hydrogen) atoms. The molecule has 3 amide bonds. The topological polar surface area (TPSA) is 64.7 Å². The van der Waals surface area contributed by atoms with Gasteiger partial charge in [0.25, 0.3) is 0 Å². The number of piperazine rings is 1. The zero-order chi connectivity index (χ0) is 20.6. The van der Waals surface area contributed by atoms with Crippen LogP contribution in [0.25, 0.3) is 0 Å². The van der Waals surface area contributed by atoms with Crippen molar-refractivity contribution < 1.29 is 22.8 Å². The van der Waals surface area contributed by atoms with Crippen LogP contribution in [-0.2, 0) is 17.5 Å². The number of nitrogens with one attached hydrogen (secondary N) is 2. The van der Waals surface area contributed by atoms with Crippen molar-refractivity contribution >= 4 is 11.9 Å². The molecule has 6 nitrogen and oxygen atoms in total. The van der Waals surface area contributed by atoms with Crippen molar-refractivity contribution in [2.75, 3.05) is 39.3 Å². The molecule has 0 spiro atoms. The minimum Gasteiger partial charge on any atom is -0.338 e. The average Bonchev–Trinajstić information content (AvgIpc) is 2.63. The normalized spacial score (nSPS) is 16.0. The maximum atomic E-state index is 12.6. The third-order valence-corrected chi connectivity index (χ3v) is 4.59. The van der Waals surface area contributed by atoms with Gasteiger partial charge in [0, 0.05) is 39.3 Å². The first kappa shape index (κ1) is 22.2. The second-order valence-electron chi connectivity index (χ2n) is 6.90. The lowest BCUT2D eigenvalue weighted by Crippen LogP contribution is -2.50. The number of urea groups is 1. The molecule has 1 heterocycles. The van der Waals surface area contributed by atoms with E-state index in [0.717, 1.165) is 30.5 Å². The Balaban J connectivity index is 1.69. The molecular weight excluding hydrogens is 373 g/mol. The predicted octanol–water partition coefficient (Wildman–Crippen LogP) is 2.45. The molecule has 1 aromatic carbocycles. The number of halogens is 3. The van der Waals surface area contributed by atoms with Gasteiger partial charge in [-0.3, -0.25) is 19.9 Å². The zero-order valence-corrected chi connectivity index (χ0v) is 16.0. The van der Waals surface area contributed by atoms with Gasteiger partial charge in [0.05, 0.1) is 12.1 Å². The Morgan fingerprint density at radius 2 is 1.64 bits per heavy atom. The highest BCUT2D eigenvalue weighted by atomic mass is 19.4. The smallest absolute Gasteiger partial charge is 0.338 e. The monoisotopic (exact) mass is 400 g/mol. The van der Waals surface area contributed by atoms with Gasteiger partial charge in [0.1, 0.15) is 0 Å². The molecule has 1 aliphatic heterocycles. The zero-order valence-electron chi connectivity index (χ0n) is 16.0. The number of hydrogen-bond acceptors (Lipinski definition) is 4. The SMILES string of the molecule is CCCCNC(=O)NC(=O)CN1CCN(Cc2ccc(C(F)(F)F)cc2)CC1. The number of alkyl halides is 3. The molecule has 156 valence electrons. The Morgan fingerprint density at radius 1 is 1.04 bits per heavy atom. The fraction of sp³-hybridized carbons (Fsp3) is 0.579. The van der Waals surface area contributed by atoms with Crippen LogP contribution < -0.4 is 10.6 Å². The largest absolute Gasteiger partial charge is 0.416 e. The Kier molecular flexibility index (Phi) is 8.25. The van der Waals surface area contributed by atoms with Crippen molar-refractivity contribution in [2.45, 2.75) is 32.5 Å². The van der Waals surface area contributed by atoms with E-state index in [0.29, 0.717) is 39.3 Å². The second kappa shape index (κ2) is 10.4. The first-order valence-corrected chi connectivity index (χ1v) is 9.46. The van der Waals surface area contributed by atoms with Crippen molar-refractivity contribution in [1.29, 1.82) is 0 Å². The molecule has 9 heteroatoms. The first-order chi connectivity index (χ1) is 13.3. The lowest BCUT2D eigenvalue weighted by Gasteiger charge is -2.34. The van der Waals surface area contributed by atoms with E-state index >= 15 is 0 Å². The van der Waals surface area contributed by atoms with Crippen LogP contribution in [0.2, 0.25) is 0 Å². The summed E-state index contributed by atoms with van der Waals surface area (Å²) in [5.41, 5.74) is 0.175. The summed E-state index contributed by atoms with van der Waals surface area (Å²) < 4.78 is 37.8. The van der Waals surface area contributed by atoms with Crippen molar-refractivity contribution in [2.24, 2.45) is 0 Å². The van der Waals surface area contributed by atoms with Crippen LogP contribution in [0.3, 0.4) is 0 Å². The Hall–Kier alpha value is -2.13. The van der Waals surface area contributed by atoms with Gasteiger partial charge < -0.3 is 5.32 Å². The van der Waals surface area contributed by atoms with Crippen LogP contribution in [0, 0.1) is 0 Å². The molecule has 0 aliphatic carbocycles. The average molecular weight is 400 g/mol. The van der Waals surface area contributed by atoms with Crippen molar-refractivity contribution in [3.63, 3.8) is 0 Å². The molecule has 1 saturated heterocycles. The Morgan fingerprint density at radius 3 is 2.21 bits per heavy atom. The Bertz CT molecular complexity index is 642. The minimum atomic E-state index is -4.32. The van der Waals surface area contributed by atoms with Gasteiger partial charge in [0.15, 0.2) is 0 Å². The van der Waals surface area contributed by atoms with E-state index in [1.54, 1.807) is 0 Å². The first-order valence-electron chi connectivity index (χ1n) is 9.46. The summed E-state index contributed by atoms with van der Waals surface area (Å²) in [5, 5.41) is 4.95. The maximum Gasteiger partial charge on any atom is 0.416 e. The maximum absolute atomic E-state index is 12.6. The van der Waals surface area contributed by atoms with E-state index in [9.17, 15) is 22.8 Å². The fourth-order valence-corrected chi connectivity index (χ4v) is 2.95. The summed E-state index contributed by atoms with van der Waals surface area (Å²) in [7, 11) is 0. The number of carbonyl (C=O) groups excluding carboxylic acids is 2. The van der Waals surface area contributed by atoms with E-state index in [2.05, 4.69) is 15.5 Å². The van der Waals surface area contributed by atoms with Crippen LogP contribution in [0.5, 0.6) is 0 Å². The van der Waals surface area contributed by atoms with E-state index < -0.39 is 17.8 Å².